The summed E-state index contributed by atoms with van der Waals surface area (Å²) in [6, 6.07) is 4.02. The third-order valence-electron chi connectivity index (χ3n) is 4.61. The van der Waals surface area contributed by atoms with Crippen LogP contribution < -0.4 is 10.3 Å². The number of nitrogens with zero attached hydrogens (tertiary/aromatic N) is 3. The molecule has 7 heteroatoms. The molecule has 0 aliphatic heterocycles. The maximum atomic E-state index is 12.5. The molecule has 0 saturated carbocycles. The molecular formula is C19H23N3O4. The molecule has 1 aromatic carbocycles. The second-order valence-corrected chi connectivity index (χ2v) is 6.65. The largest absolute Gasteiger partial charge is 0.490 e. The van der Waals surface area contributed by atoms with Crippen LogP contribution >= 0.6 is 0 Å². The topological polar surface area (TPSA) is 90.4 Å². The fraction of sp³-hybridized carbons (Fsp3) is 0.421. The molecule has 138 valence electrons. The molecule has 0 saturated heterocycles. The Labute approximate surface area is 151 Å². The van der Waals surface area contributed by atoms with Crippen molar-refractivity contribution in [1.29, 1.82) is 0 Å². The highest BCUT2D eigenvalue weighted by molar-refractivity contribution is 5.81. The van der Waals surface area contributed by atoms with Crippen LogP contribution in [0.15, 0.2) is 21.5 Å². The Bertz CT molecular complexity index is 1020. The van der Waals surface area contributed by atoms with Gasteiger partial charge in [-0.05, 0) is 51.3 Å². The molecule has 1 N–H and O–H groups in total. The van der Waals surface area contributed by atoms with Crippen LogP contribution in [0.3, 0.4) is 0 Å². The van der Waals surface area contributed by atoms with E-state index in [1.54, 1.807) is 13.8 Å². The molecule has 1 unspecified atom stereocenters. The highest BCUT2D eigenvalue weighted by Gasteiger charge is 2.17. The molecule has 0 amide bonds. The van der Waals surface area contributed by atoms with Crippen molar-refractivity contribution in [2.45, 2.75) is 47.3 Å². The highest BCUT2D eigenvalue weighted by atomic mass is 16.5. The summed E-state index contributed by atoms with van der Waals surface area (Å²) in [5, 5.41) is 19.0. The van der Waals surface area contributed by atoms with Crippen molar-refractivity contribution in [3.8, 4) is 5.75 Å². The molecule has 0 bridgehead atoms. The van der Waals surface area contributed by atoms with Crippen molar-refractivity contribution in [2.75, 3.05) is 6.61 Å². The monoisotopic (exact) mass is 357 g/mol. The number of aliphatic hydroxyl groups excluding tert-OH is 1. The predicted molar refractivity (Wildman–Crippen MR) is 97.7 cm³/mol. The van der Waals surface area contributed by atoms with E-state index in [0.29, 0.717) is 16.8 Å². The second-order valence-electron chi connectivity index (χ2n) is 6.65. The summed E-state index contributed by atoms with van der Waals surface area (Å²) in [7, 11) is 0. The molecule has 3 aromatic rings. The summed E-state index contributed by atoms with van der Waals surface area (Å²) >= 11 is 0. The molecule has 2 heterocycles. The minimum Gasteiger partial charge on any atom is -0.490 e. The first-order valence-corrected chi connectivity index (χ1v) is 8.51. The van der Waals surface area contributed by atoms with Gasteiger partial charge in [-0.2, -0.15) is 5.10 Å². The molecular weight excluding hydrogens is 334 g/mol. The SMILES string of the molecule is Cc1ccc(C)c(OCC(O)Cn2nc(C)c3c(C)onc3c2=O)c1C. The summed E-state index contributed by atoms with van der Waals surface area (Å²) in [5.41, 5.74) is 3.66. The van der Waals surface area contributed by atoms with Gasteiger partial charge < -0.3 is 14.4 Å². The Kier molecular flexibility index (Phi) is 4.82. The minimum atomic E-state index is -0.885. The molecule has 1 atom stereocenters. The molecule has 26 heavy (non-hydrogen) atoms. The van der Waals surface area contributed by atoms with Crippen molar-refractivity contribution < 1.29 is 14.4 Å². The number of aliphatic hydroxyl groups is 1. The van der Waals surface area contributed by atoms with E-state index in [4.69, 9.17) is 9.26 Å². The van der Waals surface area contributed by atoms with E-state index in [0.717, 1.165) is 22.4 Å². The first kappa shape index (κ1) is 18.1. The molecule has 3 rings (SSSR count). The van der Waals surface area contributed by atoms with E-state index in [1.807, 2.05) is 32.9 Å². The van der Waals surface area contributed by atoms with E-state index < -0.39 is 6.10 Å². The summed E-state index contributed by atoms with van der Waals surface area (Å²) in [5.74, 6) is 1.33. The van der Waals surface area contributed by atoms with Crippen molar-refractivity contribution in [1.82, 2.24) is 14.9 Å². The smallest absolute Gasteiger partial charge is 0.296 e. The average molecular weight is 357 g/mol. The van der Waals surface area contributed by atoms with Crippen LogP contribution in [-0.2, 0) is 6.54 Å². The Hall–Kier alpha value is -2.67. The van der Waals surface area contributed by atoms with Gasteiger partial charge in [-0.3, -0.25) is 4.79 Å². The number of aryl methyl sites for hydroxylation is 4. The van der Waals surface area contributed by atoms with Gasteiger partial charge in [0.1, 0.15) is 24.2 Å². The van der Waals surface area contributed by atoms with Gasteiger partial charge in [0.25, 0.3) is 5.56 Å². The third-order valence-corrected chi connectivity index (χ3v) is 4.61. The summed E-state index contributed by atoms with van der Waals surface area (Å²) in [6.45, 7) is 9.57. The van der Waals surface area contributed by atoms with Gasteiger partial charge >= 0.3 is 0 Å². The molecule has 0 spiro atoms. The van der Waals surface area contributed by atoms with E-state index in [2.05, 4.69) is 10.3 Å². The van der Waals surface area contributed by atoms with Crippen LogP contribution in [0.5, 0.6) is 5.75 Å². The van der Waals surface area contributed by atoms with Gasteiger partial charge in [0.2, 0.25) is 0 Å². The molecule has 0 fully saturated rings. The zero-order valence-electron chi connectivity index (χ0n) is 15.7. The van der Waals surface area contributed by atoms with Gasteiger partial charge in [-0.15, -0.1) is 0 Å². The summed E-state index contributed by atoms with van der Waals surface area (Å²) < 4.78 is 12.1. The van der Waals surface area contributed by atoms with Crippen LogP contribution in [0, 0.1) is 34.6 Å². The van der Waals surface area contributed by atoms with Gasteiger partial charge in [0, 0.05) is 0 Å². The van der Waals surface area contributed by atoms with Crippen molar-refractivity contribution >= 4 is 10.9 Å². The van der Waals surface area contributed by atoms with E-state index >= 15 is 0 Å². The van der Waals surface area contributed by atoms with Crippen molar-refractivity contribution in [2.24, 2.45) is 0 Å². The fourth-order valence-electron chi connectivity index (χ4n) is 3.05. The summed E-state index contributed by atoms with van der Waals surface area (Å²) in [6.07, 6.45) is -0.885. The normalized spacial score (nSPS) is 12.5. The lowest BCUT2D eigenvalue weighted by Gasteiger charge is -2.17. The second kappa shape index (κ2) is 6.92. The number of fused-ring (bicyclic) bond motifs is 1. The standard InChI is InChI=1S/C19H23N3O4/c1-10-6-7-11(2)18(12(10)3)25-9-15(23)8-22-19(24)17-16(13(4)20-22)14(5)26-21-17/h6-7,15,23H,8-9H2,1-5H3. The quantitative estimate of drug-likeness (QED) is 0.754. The highest BCUT2D eigenvalue weighted by Crippen LogP contribution is 2.25. The Balaban J connectivity index is 1.78. The van der Waals surface area contributed by atoms with Gasteiger partial charge in [0.05, 0.1) is 17.6 Å². The molecule has 7 nitrogen and oxygen atoms in total. The van der Waals surface area contributed by atoms with E-state index in [-0.39, 0.29) is 24.2 Å². The van der Waals surface area contributed by atoms with Crippen LogP contribution in [0.2, 0.25) is 0 Å². The number of benzene rings is 1. The first-order chi connectivity index (χ1) is 12.3. The maximum absolute atomic E-state index is 12.5. The average Bonchev–Trinajstić information content (AvgIpc) is 2.98. The molecule has 0 aliphatic rings. The predicted octanol–water partition coefficient (Wildman–Crippen LogP) is 2.37. The van der Waals surface area contributed by atoms with Gasteiger partial charge in [0.15, 0.2) is 5.52 Å². The van der Waals surface area contributed by atoms with E-state index in [1.165, 1.54) is 4.68 Å². The van der Waals surface area contributed by atoms with Crippen molar-refractivity contribution in [3.63, 3.8) is 0 Å². The van der Waals surface area contributed by atoms with Gasteiger partial charge in [-0.1, -0.05) is 17.3 Å². The number of aromatic nitrogens is 3. The van der Waals surface area contributed by atoms with Crippen LogP contribution in [0.4, 0.5) is 0 Å². The Morgan fingerprint density at radius 3 is 2.62 bits per heavy atom. The minimum absolute atomic E-state index is 0.0193. The zero-order valence-corrected chi connectivity index (χ0v) is 15.7. The number of hydrogen-bond donors (Lipinski definition) is 1. The number of ether oxygens (including phenoxy) is 1. The lowest BCUT2D eigenvalue weighted by molar-refractivity contribution is 0.0873. The molecule has 0 aliphatic carbocycles. The maximum Gasteiger partial charge on any atom is 0.296 e. The third kappa shape index (κ3) is 3.22. The van der Waals surface area contributed by atoms with E-state index in [9.17, 15) is 9.90 Å². The zero-order chi connectivity index (χ0) is 19.0. The number of hydrogen-bond acceptors (Lipinski definition) is 6. The molecule has 0 radical (unpaired) electrons. The molecule has 2 aromatic heterocycles. The van der Waals surface area contributed by atoms with Crippen LogP contribution in [0.25, 0.3) is 10.9 Å². The number of rotatable bonds is 5. The first-order valence-electron chi connectivity index (χ1n) is 8.51. The summed E-state index contributed by atoms with van der Waals surface area (Å²) in [4.78, 5) is 12.5. The van der Waals surface area contributed by atoms with Gasteiger partial charge in [-0.25, -0.2) is 4.68 Å². The lowest BCUT2D eigenvalue weighted by atomic mass is 10.1. The van der Waals surface area contributed by atoms with Crippen molar-refractivity contribution in [3.05, 3.63) is 50.6 Å². The lowest BCUT2D eigenvalue weighted by Crippen LogP contribution is -2.32. The Morgan fingerprint density at radius 2 is 1.88 bits per heavy atom. The van der Waals surface area contributed by atoms with Crippen LogP contribution in [-0.4, -0.2) is 32.8 Å². The fourth-order valence-corrected chi connectivity index (χ4v) is 3.05. The van der Waals surface area contributed by atoms with Crippen LogP contribution in [0.1, 0.15) is 28.1 Å². The Morgan fingerprint density at radius 1 is 1.19 bits per heavy atom.